The van der Waals surface area contributed by atoms with Gasteiger partial charge in [-0.2, -0.15) is 0 Å². The Kier molecular flexibility index (Phi) is 7.67. The van der Waals surface area contributed by atoms with E-state index in [4.69, 9.17) is 4.74 Å². The third-order valence-corrected chi connectivity index (χ3v) is 5.73. The van der Waals surface area contributed by atoms with Crippen LogP contribution in [0.15, 0.2) is 53.4 Å². The van der Waals surface area contributed by atoms with Gasteiger partial charge in [-0.3, -0.25) is 9.52 Å². The van der Waals surface area contributed by atoms with Gasteiger partial charge in [0.2, 0.25) is 0 Å². The third-order valence-electron chi connectivity index (χ3n) is 4.33. The van der Waals surface area contributed by atoms with Gasteiger partial charge < -0.3 is 10.1 Å². The van der Waals surface area contributed by atoms with Crippen LogP contribution in [0.4, 0.5) is 5.69 Å². The summed E-state index contributed by atoms with van der Waals surface area (Å²) in [5.74, 6) is 0.951. The number of rotatable bonds is 9. The van der Waals surface area contributed by atoms with E-state index >= 15 is 0 Å². The highest BCUT2D eigenvalue weighted by Gasteiger charge is 2.17. The average Bonchev–Trinajstić information content (AvgIpc) is 2.66. The van der Waals surface area contributed by atoms with Crippen molar-refractivity contribution in [3.63, 3.8) is 0 Å². The molecule has 0 heterocycles. The minimum absolute atomic E-state index is 0.120. The van der Waals surface area contributed by atoms with E-state index in [1.165, 1.54) is 12.1 Å². The molecule has 0 aliphatic rings. The second kappa shape index (κ2) is 9.78. The number of ether oxygens (including phenoxy) is 1. The smallest absolute Gasteiger partial charge is 0.261 e. The van der Waals surface area contributed by atoms with Gasteiger partial charge in [-0.05, 0) is 60.7 Å². The molecule has 0 fully saturated rings. The Morgan fingerprint density at radius 1 is 0.931 bits per heavy atom. The molecule has 0 spiro atoms. The monoisotopic (exact) mass is 418 g/mol. The van der Waals surface area contributed by atoms with E-state index in [-0.39, 0.29) is 10.8 Å². The fourth-order valence-corrected chi connectivity index (χ4v) is 3.61. The fourth-order valence-electron chi connectivity index (χ4n) is 2.55. The Labute approximate surface area is 173 Å². The van der Waals surface area contributed by atoms with Gasteiger partial charge >= 0.3 is 0 Å². The Bertz CT molecular complexity index is 905. The standard InChI is InChI=1S/C22H30N2O4S/c1-15(2)14-23-22(25)17(5)28-20-10-12-21(13-11-20)29(26,27)24-19-8-6-18(7-9-19)16(3)4/h6-13,15-17,24H,14H2,1-5H3,(H,23,25)/t17-/m1/s1. The maximum atomic E-state index is 12.6. The summed E-state index contributed by atoms with van der Waals surface area (Å²) in [4.78, 5) is 12.1. The molecule has 0 aliphatic carbocycles. The van der Waals surface area contributed by atoms with Gasteiger partial charge in [-0.1, -0.05) is 39.8 Å². The van der Waals surface area contributed by atoms with Crippen LogP contribution >= 0.6 is 0 Å². The molecule has 29 heavy (non-hydrogen) atoms. The number of hydrogen-bond donors (Lipinski definition) is 2. The van der Waals surface area contributed by atoms with Crippen LogP contribution in [-0.2, 0) is 14.8 Å². The normalized spacial score (nSPS) is 12.7. The summed E-state index contributed by atoms with van der Waals surface area (Å²) in [5, 5.41) is 2.81. The minimum Gasteiger partial charge on any atom is -0.481 e. The Morgan fingerprint density at radius 2 is 1.52 bits per heavy atom. The number of hydrogen-bond acceptors (Lipinski definition) is 4. The van der Waals surface area contributed by atoms with E-state index in [0.29, 0.717) is 29.8 Å². The van der Waals surface area contributed by atoms with Gasteiger partial charge in [0.1, 0.15) is 5.75 Å². The summed E-state index contributed by atoms with van der Waals surface area (Å²) >= 11 is 0. The van der Waals surface area contributed by atoms with Crippen LogP contribution in [0.3, 0.4) is 0 Å². The molecule has 0 aliphatic heterocycles. The molecule has 7 heteroatoms. The number of carbonyl (C=O) groups is 1. The number of benzene rings is 2. The molecule has 1 amide bonds. The molecule has 2 aromatic rings. The summed E-state index contributed by atoms with van der Waals surface area (Å²) in [7, 11) is -3.71. The van der Waals surface area contributed by atoms with Gasteiger partial charge in [0, 0.05) is 12.2 Å². The Hall–Kier alpha value is -2.54. The summed E-state index contributed by atoms with van der Waals surface area (Å²) in [6.07, 6.45) is -0.672. The lowest BCUT2D eigenvalue weighted by molar-refractivity contribution is -0.127. The van der Waals surface area contributed by atoms with E-state index in [0.717, 1.165) is 5.56 Å². The quantitative estimate of drug-likeness (QED) is 0.641. The highest BCUT2D eigenvalue weighted by molar-refractivity contribution is 7.92. The van der Waals surface area contributed by atoms with Crippen molar-refractivity contribution in [1.82, 2.24) is 5.32 Å². The van der Waals surface area contributed by atoms with E-state index in [9.17, 15) is 13.2 Å². The molecule has 2 N–H and O–H groups in total. The Balaban J connectivity index is 2.01. The molecule has 0 radical (unpaired) electrons. The number of amides is 1. The zero-order valence-corrected chi connectivity index (χ0v) is 18.4. The number of carbonyl (C=O) groups excluding carboxylic acids is 1. The van der Waals surface area contributed by atoms with Crippen molar-refractivity contribution in [3.05, 3.63) is 54.1 Å². The van der Waals surface area contributed by atoms with Gasteiger partial charge in [-0.15, -0.1) is 0 Å². The number of anilines is 1. The largest absolute Gasteiger partial charge is 0.481 e. The van der Waals surface area contributed by atoms with Crippen molar-refractivity contribution < 1.29 is 17.9 Å². The second-order valence-electron chi connectivity index (χ2n) is 7.75. The van der Waals surface area contributed by atoms with Crippen LogP contribution < -0.4 is 14.8 Å². The van der Waals surface area contributed by atoms with Gasteiger partial charge in [0.15, 0.2) is 6.10 Å². The molecule has 158 valence electrons. The summed E-state index contributed by atoms with van der Waals surface area (Å²) in [6, 6.07) is 13.3. The lowest BCUT2D eigenvalue weighted by Gasteiger charge is -2.16. The summed E-state index contributed by atoms with van der Waals surface area (Å²) in [6.45, 7) is 10.4. The molecule has 0 bridgehead atoms. The first-order valence-corrected chi connectivity index (χ1v) is 11.2. The molecular weight excluding hydrogens is 388 g/mol. The zero-order valence-electron chi connectivity index (χ0n) is 17.6. The van der Waals surface area contributed by atoms with E-state index in [1.807, 2.05) is 26.0 Å². The van der Waals surface area contributed by atoms with Gasteiger partial charge in [0.05, 0.1) is 4.90 Å². The van der Waals surface area contributed by atoms with Crippen molar-refractivity contribution in [2.24, 2.45) is 5.92 Å². The molecule has 0 saturated carbocycles. The topological polar surface area (TPSA) is 84.5 Å². The van der Waals surface area contributed by atoms with E-state index < -0.39 is 16.1 Å². The van der Waals surface area contributed by atoms with Crippen LogP contribution in [0.25, 0.3) is 0 Å². The lowest BCUT2D eigenvalue weighted by Crippen LogP contribution is -2.38. The molecule has 1 atom stereocenters. The molecule has 0 aromatic heterocycles. The minimum atomic E-state index is -3.71. The average molecular weight is 419 g/mol. The summed E-state index contributed by atoms with van der Waals surface area (Å²) in [5.41, 5.74) is 1.64. The van der Waals surface area contributed by atoms with Crippen LogP contribution in [0, 0.1) is 5.92 Å². The van der Waals surface area contributed by atoms with Gasteiger partial charge in [0.25, 0.3) is 15.9 Å². The first-order valence-electron chi connectivity index (χ1n) is 9.75. The predicted molar refractivity (Wildman–Crippen MR) is 116 cm³/mol. The van der Waals surface area contributed by atoms with E-state index in [1.54, 1.807) is 31.2 Å². The fraction of sp³-hybridized carbons (Fsp3) is 0.409. The second-order valence-corrected chi connectivity index (χ2v) is 9.44. The van der Waals surface area contributed by atoms with Crippen LogP contribution in [0.5, 0.6) is 5.75 Å². The van der Waals surface area contributed by atoms with Crippen molar-refractivity contribution >= 4 is 21.6 Å². The zero-order chi connectivity index (χ0) is 21.6. The molecule has 2 aromatic carbocycles. The molecule has 0 saturated heterocycles. The predicted octanol–water partition coefficient (Wildman–Crippen LogP) is 4.15. The third kappa shape index (κ3) is 6.78. The number of nitrogens with one attached hydrogen (secondary N) is 2. The highest BCUT2D eigenvalue weighted by Crippen LogP contribution is 2.22. The van der Waals surface area contributed by atoms with Crippen molar-refractivity contribution in [2.45, 2.75) is 51.5 Å². The van der Waals surface area contributed by atoms with Crippen LogP contribution in [-0.4, -0.2) is 27.0 Å². The van der Waals surface area contributed by atoms with Crippen molar-refractivity contribution in [3.8, 4) is 5.75 Å². The molecule has 6 nitrogen and oxygen atoms in total. The van der Waals surface area contributed by atoms with Gasteiger partial charge in [-0.25, -0.2) is 8.42 Å². The van der Waals surface area contributed by atoms with Crippen LogP contribution in [0.1, 0.15) is 46.1 Å². The Morgan fingerprint density at radius 3 is 2.03 bits per heavy atom. The number of sulfonamides is 1. The van der Waals surface area contributed by atoms with Crippen molar-refractivity contribution in [2.75, 3.05) is 11.3 Å². The summed E-state index contributed by atoms with van der Waals surface area (Å²) < 4.78 is 33.4. The molecule has 0 unspecified atom stereocenters. The maximum absolute atomic E-state index is 12.6. The van der Waals surface area contributed by atoms with Crippen LogP contribution in [0.2, 0.25) is 0 Å². The van der Waals surface area contributed by atoms with Crippen molar-refractivity contribution in [1.29, 1.82) is 0 Å². The van der Waals surface area contributed by atoms with E-state index in [2.05, 4.69) is 23.9 Å². The molecule has 2 rings (SSSR count). The first kappa shape index (κ1) is 22.7. The molecular formula is C22H30N2O4S. The highest BCUT2D eigenvalue weighted by atomic mass is 32.2. The maximum Gasteiger partial charge on any atom is 0.261 e. The SMILES string of the molecule is CC(C)CNC(=O)[C@@H](C)Oc1ccc(S(=O)(=O)Nc2ccc(C(C)C)cc2)cc1. The first-order chi connectivity index (χ1) is 13.6. The lowest BCUT2D eigenvalue weighted by atomic mass is 10.0.